The minimum Gasteiger partial charge on any atom is -0.495 e. The first-order valence-corrected chi connectivity index (χ1v) is 11.7. The molecule has 34 heavy (non-hydrogen) atoms. The van der Waals surface area contributed by atoms with Gasteiger partial charge in [0.15, 0.2) is 11.0 Å². The van der Waals surface area contributed by atoms with Crippen molar-refractivity contribution in [2.75, 3.05) is 27.4 Å². The molecule has 4 rings (SSSR count). The summed E-state index contributed by atoms with van der Waals surface area (Å²) in [7, 11) is 3.24. The van der Waals surface area contributed by atoms with Gasteiger partial charge in [-0.2, -0.15) is 0 Å². The van der Waals surface area contributed by atoms with Crippen molar-refractivity contribution in [1.29, 1.82) is 0 Å². The molecule has 2 aromatic heterocycles. The lowest BCUT2D eigenvalue weighted by molar-refractivity contribution is 0.0936. The van der Waals surface area contributed by atoms with E-state index in [-0.39, 0.29) is 5.91 Å². The van der Waals surface area contributed by atoms with Gasteiger partial charge in [-0.3, -0.25) is 14.3 Å². The van der Waals surface area contributed by atoms with Crippen molar-refractivity contribution in [3.05, 3.63) is 84.2 Å². The SMILES string of the molecule is COCCNC(=O)c1ccccc1CSc1nnc(-c2cccnc2)n1-c1ccccc1OC. The van der Waals surface area contributed by atoms with Crippen LogP contribution in [0.5, 0.6) is 5.75 Å². The summed E-state index contributed by atoms with van der Waals surface area (Å²) in [5, 5.41) is 12.5. The van der Waals surface area contributed by atoms with Crippen molar-refractivity contribution >= 4 is 17.7 Å². The van der Waals surface area contributed by atoms with Crippen LogP contribution in [0.1, 0.15) is 15.9 Å². The van der Waals surface area contributed by atoms with Crippen LogP contribution in [-0.4, -0.2) is 53.0 Å². The van der Waals surface area contributed by atoms with Crippen LogP contribution in [0.15, 0.2) is 78.2 Å². The number of carbonyl (C=O) groups is 1. The molecule has 0 aliphatic carbocycles. The van der Waals surface area contributed by atoms with Gasteiger partial charge in [0, 0.05) is 42.9 Å². The monoisotopic (exact) mass is 475 g/mol. The van der Waals surface area contributed by atoms with Crippen LogP contribution in [0.2, 0.25) is 0 Å². The fourth-order valence-electron chi connectivity index (χ4n) is 3.45. The predicted octanol–water partition coefficient (Wildman–Crippen LogP) is 4.01. The normalized spacial score (nSPS) is 10.8. The summed E-state index contributed by atoms with van der Waals surface area (Å²) in [5.74, 6) is 1.77. The van der Waals surface area contributed by atoms with Gasteiger partial charge < -0.3 is 14.8 Å². The van der Waals surface area contributed by atoms with Crippen LogP contribution in [0.3, 0.4) is 0 Å². The number of ether oxygens (including phenoxy) is 2. The molecule has 4 aromatic rings. The van der Waals surface area contributed by atoms with Gasteiger partial charge in [0.2, 0.25) is 0 Å². The highest BCUT2D eigenvalue weighted by Gasteiger charge is 2.20. The first-order chi connectivity index (χ1) is 16.7. The van der Waals surface area contributed by atoms with Gasteiger partial charge in [0.1, 0.15) is 5.75 Å². The zero-order chi connectivity index (χ0) is 23.8. The fourth-order valence-corrected chi connectivity index (χ4v) is 4.40. The second-order valence-electron chi connectivity index (χ2n) is 7.25. The van der Waals surface area contributed by atoms with E-state index in [9.17, 15) is 4.79 Å². The minimum atomic E-state index is -0.129. The Kier molecular flexibility index (Phi) is 7.90. The quantitative estimate of drug-likeness (QED) is 0.274. The molecular formula is C25H25N5O3S. The van der Waals surface area contributed by atoms with Crippen molar-refractivity contribution in [1.82, 2.24) is 25.1 Å². The number of amides is 1. The van der Waals surface area contributed by atoms with Crippen molar-refractivity contribution in [3.63, 3.8) is 0 Å². The van der Waals surface area contributed by atoms with Crippen LogP contribution in [0.4, 0.5) is 0 Å². The molecule has 0 aliphatic rings. The van der Waals surface area contributed by atoms with Crippen LogP contribution in [-0.2, 0) is 10.5 Å². The largest absolute Gasteiger partial charge is 0.495 e. The van der Waals surface area contributed by atoms with Gasteiger partial charge in [0.25, 0.3) is 5.91 Å². The Morgan fingerprint density at radius 3 is 2.65 bits per heavy atom. The predicted molar refractivity (Wildman–Crippen MR) is 131 cm³/mol. The Hall–Kier alpha value is -3.69. The number of carbonyl (C=O) groups excluding carboxylic acids is 1. The van der Waals surface area contributed by atoms with Crippen molar-refractivity contribution in [2.24, 2.45) is 0 Å². The summed E-state index contributed by atoms with van der Waals surface area (Å²) in [5.41, 5.74) is 3.19. The van der Waals surface area contributed by atoms with Gasteiger partial charge in [-0.05, 0) is 35.9 Å². The van der Waals surface area contributed by atoms with Crippen molar-refractivity contribution < 1.29 is 14.3 Å². The number of benzene rings is 2. The van der Waals surface area contributed by atoms with E-state index < -0.39 is 0 Å². The average Bonchev–Trinajstić information content (AvgIpc) is 3.32. The maximum Gasteiger partial charge on any atom is 0.251 e. The molecule has 1 N–H and O–H groups in total. The van der Waals surface area contributed by atoms with Crippen LogP contribution >= 0.6 is 11.8 Å². The third kappa shape index (κ3) is 5.27. The van der Waals surface area contributed by atoms with E-state index in [0.717, 1.165) is 16.8 Å². The second-order valence-corrected chi connectivity index (χ2v) is 8.19. The molecule has 2 aromatic carbocycles. The maximum atomic E-state index is 12.7. The summed E-state index contributed by atoms with van der Waals surface area (Å²) in [6.07, 6.45) is 3.47. The molecule has 0 unspecified atom stereocenters. The number of para-hydroxylation sites is 2. The first kappa shape index (κ1) is 23.5. The molecule has 0 atom stereocenters. The van der Waals surface area contributed by atoms with Crippen LogP contribution in [0.25, 0.3) is 17.1 Å². The van der Waals surface area contributed by atoms with E-state index in [1.165, 1.54) is 11.8 Å². The summed E-state index contributed by atoms with van der Waals surface area (Å²) in [6, 6.07) is 19.1. The van der Waals surface area contributed by atoms with Gasteiger partial charge in [-0.25, -0.2) is 0 Å². The Bertz CT molecular complexity index is 1250. The van der Waals surface area contributed by atoms with Gasteiger partial charge in [0.05, 0.1) is 19.4 Å². The van der Waals surface area contributed by atoms with E-state index >= 15 is 0 Å². The number of hydrogen-bond donors (Lipinski definition) is 1. The summed E-state index contributed by atoms with van der Waals surface area (Å²) >= 11 is 1.50. The lowest BCUT2D eigenvalue weighted by atomic mass is 10.1. The summed E-state index contributed by atoms with van der Waals surface area (Å²) < 4.78 is 12.6. The molecule has 0 saturated heterocycles. The molecule has 9 heteroatoms. The first-order valence-electron chi connectivity index (χ1n) is 10.7. The molecule has 8 nitrogen and oxygen atoms in total. The zero-order valence-electron chi connectivity index (χ0n) is 19.0. The highest BCUT2D eigenvalue weighted by molar-refractivity contribution is 7.98. The smallest absolute Gasteiger partial charge is 0.251 e. The van der Waals surface area contributed by atoms with E-state index in [4.69, 9.17) is 9.47 Å². The molecule has 0 fully saturated rings. The highest BCUT2D eigenvalue weighted by Crippen LogP contribution is 2.33. The Balaban J connectivity index is 1.67. The maximum absolute atomic E-state index is 12.7. The number of nitrogens with one attached hydrogen (secondary N) is 1. The average molecular weight is 476 g/mol. The van der Waals surface area contributed by atoms with E-state index in [2.05, 4.69) is 20.5 Å². The third-order valence-electron chi connectivity index (χ3n) is 5.09. The Labute approximate surface area is 202 Å². The number of thioether (sulfide) groups is 1. The standard InChI is InChI=1S/C25H25N5O3S/c1-32-15-14-27-24(31)20-10-4-3-8-19(20)17-34-25-29-28-23(18-9-7-13-26-16-18)30(25)21-11-5-6-12-22(21)33-2/h3-13,16H,14-15,17H2,1-2H3,(H,27,31). The molecule has 0 aliphatic heterocycles. The molecule has 0 spiro atoms. The van der Waals surface area contributed by atoms with Crippen molar-refractivity contribution in [2.45, 2.75) is 10.9 Å². The van der Waals surface area contributed by atoms with Crippen molar-refractivity contribution in [3.8, 4) is 22.8 Å². The Morgan fingerprint density at radius 1 is 1.03 bits per heavy atom. The number of methoxy groups -OCH3 is 2. The van der Waals surface area contributed by atoms with Crippen LogP contribution in [0, 0.1) is 0 Å². The fraction of sp³-hybridized carbons (Fsp3) is 0.200. The van der Waals surface area contributed by atoms with Gasteiger partial charge >= 0.3 is 0 Å². The third-order valence-corrected chi connectivity index (χ3v) is 6.07. The summed E-state index contributed by atoms with van der Waals surface area (Å²) in [6.45, 7) is 0.912. The Morgan fingerprint density at radius 2 is 1.85 bits per heavy atom. The lowest BCUT2D eigenvalue weighted by Crippen LogP contribution is -2.27. The van der Waals surface area contributed by atoms with E-state index in [1.807, 2.05) is 65.2 Å². The molecule has 2 heterocycles. The number of hydrogen-bond acceptors (Lipinski definition) is 7. The minimum absolute atomic E-state index is 0.129. The number of nitrogens with zero attached hydrogens (tertiary/aromatic N) is 4. The lowest BCUT2D eigenvalue weighted by Gasteiger charge is -2.14. The topological polar surface area (TPSA) is 91.2 Å². The molecule has 0 radical (unpaired) electrons. The van der Waals surface area contributed by atoms with E-state index in [1.54, 1.807) is 26.6 Å². The number of pyridine rings is 1. The van der Waals surface area contributed by atoms with E-state index in [0.29, 0.717) is 41.2 Å². The molecule has 1 amide bonds. The van der Waals surface area contributed by atoms with Gasteiger partial charge in [-0.15, -0.1) is 10.2 Å². The number of aromatic nitrogens is 4. The second kappa shape index (κ2) is 11.4. The van der Waals surface area contributed by atoms with Gasteiger partial charge in [-0.1, -0.05) is 42.1 Å². The molecule has 0 bridgehead atoms. The highest BCUT2D eigenvalue weighted by atomic mass is 32.2. The van der Waals surface area contributed by atoms with Crippen LogP contribution < -0.4 is 10.1 Å². The molecule has 174 valence electrons. The summed E-state index contributed by atoms with van der Waals surface area (Å²) in [4.78, 5) is 16.9. The molecular weight excluding hydrogens is 450 g/mol. The number of rotatable bonds is 10. The molecule has 0 saturated carbocycles. The zero-order valence-corrected chi connectivity index (χ0v) is 19.8.